The highest BCUT2D eigenvalue weighted by molar-refractivity contribution is 5.96. The summed E-state index contributed by atoms with van der Waals surface area (Å²) in [4.78, 5) is 12.3. The van der Waals surface area contributed by atoms with Crippen molar-refractivity contribution in [1.82, 2.24) is 4.57 Å². The second kappa shape index (κ2) is 11.1. The smallest absolute Gasteiger partial charge is 0.331 e. The van der Waals surface area contributed by atoms with Gasteiger partial charge in [-0.2, -0.15) is 0 Å². The fraction of sp³-hybridized carbons (Fsp3) is 0.387. The summed E-state index contributed by atoms with van der Waals surface area (Å²) in [5.74, 6) is -1.37. The quantitative estimate of drug-likeness (QED) is 0.214. The van der Waals surface area contributed by atoms with Crippen LogP contribution in [0.5, 0.6) is 23.1 Å². The van der Waals surface area contributed by atoms with Crippen molar-refractivity contribution in [3.63, 3.8) is 0 Å². The SMILES string of the molecule is CC(C)=CCCC(C)=CCCC1(C)Oc2c(c(O)cc3c(O)n([C@H](C(=O)O)c4ccc(O)cc4)cc23)CC1O. The average molecular weight is 536 g/mol. The number of hydrogen-bond donors (Lipinski definition) is 5. The predicted octanol–water partition coefficient (Wildman–Crippen LogP) is 5.96. The standard InChI is InChI=1S/C31H37NO7/c1-18(2)7-5-8-19(3)9-6-14-31(4)26(35)16-23-25(34)15-22-24(28(23)39-31)17-32(29(22)36)27(30(37)38)20-10-12-21(33)13-11-20/h7,9-13,15,17,26-27,33-36H,5-6,8,14,16H2,1-4H3,(H,37,38)/t26?,27-,31?/m0/s1. The molecule has 208 valence electrons. The molecule has 0 spiro atoms. The summed E-state index contributed by atoms with van der Waals surface area (Å²) in [5.41, 5.74) is 2.36. The topological polar surface area (TPSA) is 132 Å². The number of aromatic nitrogens is 1. The van der Waals surface area contributed by atoms with Gasteiger partial charge in [-0.1, -0.05) is 35.4 Å². The molecule has 3 aromatic rings. The lowest BCUT2D eigenvalue weighted by molar-refractivity contribution is -0.139. The van der Waals surface area contributed by atoms with Crippen molar-refractivity contribution >= 4 is 16.7 Å². The van der Waals surface area contributed by atoms with Crippen molar-refractivity contribution in [2.75, 3.05) is 0 Å². The van der Waals surface area contributed by atoms with Crippen molar-refractivity contribution in [3.05, 3.63) is 71.0 Å². The van der Waals surface area contributed by atoms with Gasteiger partial charge in [0, 0.05) is 23.6 Å². The van der Waals surface area contributed by atoms with Crippen LogP contribution in [-0.4, -0.2) is 47.8 Å². The van der Waals surface area contributed by atoms with E-state index in [9.17, 15) is 30.3 Å². The number of aliphatic carboxylic acids is 1. The summed E-state index contributed by atoms with van der Waals surface area (Å²) in [6, 6.07) is 5.80. The number of aliphatic hydroxyl groups is 1. The number of carbonyl (C=O) groups is 1. The Labute approximate surface area is 228 Å². The number of carboxylic acid groups (broad SMARTS) is 1. The Balaban J connectivity index is 1.68. The normalized spacial score (nSPS) is 19.8. The number of benzene rings is 2. The summed E-state index contributed by atoms with van der Waals surface area (Å²) in [5, 5.41) is 53.2. The van der Waals surface area contributed by atoms with Gasteiger partial charge in [0.1, 0.15) is 22.8 Å². The lowest BCUT2D eigenvalue weighted by atomic mass is 9.84. The summed E-state index contributed by atoms with van der Waals surface area (Å²) >= 11 is 0. The predicted molar refractivity (Wildman–Crippen MR) is 150 cm³/mol. The maximum Gasteiger partial charge on any atom is 0.331 e. The van der Waals surface area contributed by atoms with Gasteiger partial charge < -0.3 is 30.3 Å². The molecule has 3 atom stereocenters. The first-order chi connectivity index (χ1) is 18.4. The number of rotatable bonds is 9. The van der Waals surface area contributed by atoms with Crippen LogP contribution in [-0.2, 0) is 11.2 Å². The van der Waals surface area contributed by atoms with Crippen molar-refractivity contribution in [2.24, 2.45) is 0 Å². The van der Waals surface area contributed by atoms with E-state index in [1.165, 1.54) is 52.2 Å². The second-order valence-corrected chi connectivity index (χ2v) is 10.9. The van der Waals surface area contributed by atoms with Gasteiger partial charge in [0.05, 0.1) is 11.5 Å². The highest BCUT2D eigenvalue weighted by atomic mass is 16.5. The molecule has 0 amide bonds. The molecule has 4 rings (SSSR count). The molecule has 0 radical (unpaired) electrons. The van der Waals surface area contributed by atoms with Crippen LogP contribution in [0.3, 0.4) is 0 Å². The zero-order valence-corrected chi connectivity index (χ0v) is 22.8. The van der Waals surface area contributed by atoms with Crippen molar-refractivity contribution in [2.45, 2.75) is 77.5 Å². The number of aliphatic hydroxyl groups excluding tert-OH is 1. The molecule has 1 aromatic heterocycles. The number of ether oxygens (including phenoxy) is 1. The van der Waals surface area contributed by atoms with E-state index in [-0.39, 0.29) is 29.2 Å². The molecule has 8 nitrogen and oxygen atoms in total. The van der Waals surface area contributed by atoms with E-state index in [1.807, 2.05) is 6.92 Å². The van der Waals surface area contributed by atoms with Crippen LogP contribution < -0.4 is 4.74 Å². The van der Waals surface area contributed by atoms with Gasteiger partial charge in [0.15, 0.2) is 11.9 Å². The first kappa shape index (κ1) is 28.1. The van der Waals surface area contributed by atoms with Gasteiger partial charge in [-0.25, -0.2) is 4.79 Å². The minimum absolute atomic E-state index is 0.00653. The lowest BCUT2D eigenvalue weighted by Crippen LogP contribution is -2.48. The molecule has 0 fully saturated rings. The van der Waals surface area contributed by atoms with Crippen LogP contribution in [0.4, 0.5) is 0 Å². The molecule has 2 aromatic carbocycles. The maximum atomic E-state index is 12.3. The zero-order chi connectivity index (χ0) is 28.5. The van der Waals surface area contributed by atoms with Gasteiger partial charge >= 0.3 is 5.97 Å². The molecule has 0 saturated heterocycles. The van der Waals surface area contributed by atoms with Gasteiger partial charge in [-0.15, -0.1) is 0 Å². The monoisotopic (exact) mass is 535 g/mol. The third-order valence-corrected chi connectivity index (χ3v) is 7.54. The molecule has 1 aliphatic rings. The van der Waals surface area contributed by atoms with E-state index in [2.05, 4.69) is 32.9 Å². The number of fused-ring (bicyclic) bond motifs is 3. The largest absolute Gasteiger partial charge is 0.508 e. The van der Waals surface area contributed by atoms with Gasteiger partial charge in [-0.05, 0) is 77.1 Å². The molecule has 0 aliphatic carbocycles. The van der Waals surface area contributed by atoms with Crippen LogP contribution >= 0.6 is 0 Å². The third-order valence-electron chi connectivity index (χ3n) is 7.54. The van der Waals surface area contributed by atoms with Crippen molar-refractivity contribution < 1.29 is 35.1 Å². The Morgan fingerprint density at radius 1 is 1.10 bits per heavy atom. The van der Waals surface area contributed by atoms with E-state index in [1.54, 1.807) is 0 Å². The van der Waals surface area contributed by atoms with Gasteiger partial charge in [0.25, 0.3) is 0 Å². The Morgan fingerprint density at radius 2 is 1.79 bits per heavy atom. The average Bonchev–Trinajstić information content (AvgIpc) is 3.17. The summed E-state index contributed by atoms with van der Waals surface area (Å²) < 4.78 is 7.61. The number of phenols is 2. The van der Waals surface area contributed by atoms with E-state index in [0.717, 1.165) is 12.8 Å². The van der Waals surface area contributed by atoms with Crippen LogP contribution in [0.1, 0.15) is 70.5 Å². The fourth-order valence-electron chi connectivity index (χ4n) is 5.17. The number of nitrogens with zero attached hydrogens (tertiary/aromatic N) is 1. The molecule has 2 heterocycles. The number of allylic oxidation sites excluding steroid dienone is 4. The molecule has 0 saturated carbocycles. The Morgan fingerprint density at radius 3 is 2.44 bits per heavy atom. The van der Waals surface area contributed by atoms with E-state index >= 15 is 0 Å². The van der Waals surface area contributed by atoms with E-state index < -0.39 is 23.7 Å². The number of carboxylic acids is 1. The summed E-state index contributed by atoms with van der Waals surface area (Å²) in [7, 11) is 0. The number of aromatic hydroxyl groups is 3. The van der Waals surface area contributed by atoms with E-state index in [4.69, 9.17) is 4.74 Å². The molecular formula is C31H37NO7. The fourth-order valence-corrected chi connectivity index (χ4v) is 5.17. The minimum atomic E-state index is -1.28. The molecular weight excluding hydrogens is 498 g/mol. The summed E-state index contributed by atoms with van der Waals surface area (Å²) in [6.45, 7) is 8.08. The summed E-state index contributed by atoms with van der Waals surface area (Å²) in [6.07, 6.45) is 8.32. The second-order valence-electron chi connectivity index (χ2n) is 10.9. The third kappa shape index (κ3) is 5.76. The van der Waals surface area contributed by atoms with E-state index in [0.29, 0.717) is 35.1 Å². The van der Waals surface area contributed by atoms with Crippen LogP contribution in [0, 0.1) is 0 Å². The van der Waals surface area contributed by atoms with Crippen LogP contribution in [0.25, 0.3) is 10.8 Å². The maximum absolute atomic E-state index is 12.3. The number of hydrogen-bond acceptors (Lipinski definition) is 6. The van der Waals surface area contributed by atoms with Crippen molar-refractivity contribution in [3.8, 4) is 23.1 Å². The first-order valence-corrected chi connectivity index (χ1v) is 13.2. The Hall–Kier alpha value is -3.91. The molecule has 2 unspecified atom stereocenters. The highest BCUT2D eigenvalue weighted by Gasteiger charge is 2.42. The van der Waals surface area contributed by atoms with Crippen LogP contribution in [0.15, 0.2) is 59.8 Å². The highest BCUT2D eigenvalue weighted by Crippen LogP contribution is 2.48. The van der Waals surface area contributed by atoms with Gasteiger partial charge in [-0.3, -0.25) is 4.57 Å². The zero-order valence-electron chi connectivity index (χ0n) is 22.8. The molecule has 39 heavy (non-hydrogen) atoms. The molecule has 0 bridgehead atoms. The Kier molecular flexibility index (Phi) is 7.97. The first-order valence-electron chi connectivity index (χ1n) is 13.2. The van der Waals surface area contributed by atoms with Gasteiger partial charge in [0.2, 0.25) is 0 Å². The molecule has 8 heteroatoms. The lowest BCUT2D eigenvalue weighted by Gasteiger charge is -2.40. The minimum Gasteiger partial charge on any atom is -0.508 e. The molecule has 5 N–H and O–H groups in total. The Bertz CT molecular complexity index is 1430. The van der Waals surface area contributed by atoms with Crippen molar-refractivity contribution in [1.29, 1.82) is 0 Å². The molecule has 1 aliphatic heterocycles. The van der Waals surface area contributed by atoms with Crippen LogP contribution in [0.2, 0.25) is 0 Å². The number of phenolic OH excluding ortho intramolecular Hbond substituents is 2.